The molecule has 5 aromatic rings. The minimum absolute atomic E-state index is 0.302. The Morgan fingerprint density at radius 1 is 1.00 bits per heavy atom. The maximum Gasteiger partial charge on any atom is 0.348 e. The van der Waals surface area contributed by atoms with Gasteiger partial charge in [0.05, 0.1) is 17.7 Å². The SMILES string of the molecule is Cc1c(C(=O)OCCc2ccccc2)sc2ncnc(Nc3cc(Cl)ccc3Oc3ccccc3)c12. The Balaban J connectivity index is 1.40. The minimum Gasteiger partial charge on any atom is -0.461 e. The summed E-state index contributed by atoms with van der Waals surface area (Å²) in [4.78, 5) is 22.9. The number of nitrogens with one attached hydrogen (secondary N) is 1. The molecule has 2 aromatic heterocycles. The highest BCUT2D eigenvalue weighted by Crippen LogP contribution is 2.38. The van der Waals surface area contributed by atoms with Crippen molar-refractivity contribution in [2.75, 3.05) is 11.9 Å². The van der Waals surface area contributed by atoms with Crippen molar-refractivity contribution >= 4 is 50.6 Å². The Bertz CT molecular complexity index is 1510. The first kappa shape index (κ1) is 23.8. The van der Waals surface area contributed by atoms with Crippen LogP contribution in [-0.2, 0) is 11.2 Å². The van der Waals surface area contributed by atoms with Crippen molar-refractivity contribution in [3.8, 4) is 11.5 Å². The molecule has 6 nitrogen and oxygen atoms in total. The number of nitrogens with zero attached hydrogens (tertiary/aromatic N) is 2. The van der Waals surface area contributed by atoms with Gasteiger partial charge >= 0.3 is 5.97 Å². The average molecular weight is 516 g/mol. The molecule has 0 aliphatic rings. The lowest BCUT2D eigenvalue weighted by atomic mass is 10.2. The number of aryl methyl sites for hydroxylation is 1. The Morgan fingerprint density at radius 2 is 1.75 bits per heavy atom. The normalized spacial score (nSPS) is 10.8. The molecule has 0 radical (unpaired) electrons. The largest absolute Gasteiger partial charge is 0.461 e. The first-order valence-electron chi connectivity index (χ1n) is 11.3. The molecule has 0 aliphatic carbocycles. The monoisotopic (exact) mass is 515 g/mol. The second kappa shape index (κ2) is 10.8. The zero-order valence-electron chi connectivity index (χ0n) is 19.4. The van der Waals surface area contributed by atoms with E-state index in [0.29, 0.717) is 50.8 Å². The van der Waals surface area contributed by atoms with Gasteiger partial charge in [0.15, 0.2) is 5.75 Å². The van der Waals surface area contributed by atoms with E-state index in [9.17, 15) is 4.79 Å². The van der Waals surface area contributed by atoms with E-state index in [0.717, 1.165) is 16.5 Å². The van der Waals surface area contributed by atoms with Crippen LogP contribution in [0, 0.1) is 6.92 Å². The maximum absolute atomic E-state index is 12.9. The highest BCUT2D eigenvalue weighted by Gasteiger charge is 2.21. The highest BCUT2D eigenvalue weighted by atomic mass is 35.5. The lowest BCUT2D eigenvalue weighted by molar-refractivity contribution is 0.0514. The molecule has 0 spiro atoms. The summed E-state index contributed by atoms with van der Waals surface area (Å²) >= 11 is 7.58. The molecule has 0 unspecified atom stereocenters. The maximum atomic E-state index is 12.9. The number of halogens is 1. The van der Waals surface area contributed by atoms with Crippen LogP contribution >= 0.6 is 22.9 Å². The quantitative estimate of drug-likeness (QED) is 0.215. The van der Waals surface area contributed by atoms with Crippen LogP contribution in [0.2, 0.25) is 5.02 Å². The van der Waals surface area contributed by atoms with Crippen molar-refractivity contribution in [3.05, 3.63) is 106 Å². The average Bonchev–Trinajstić information content (AvgIpc) is 3.24. The van der Waals surface area contributed by atoms with Crippen molar-refractivity contribution in [1.82, 2.24) is 9.97 Å². The number of rotatable bonds is 8. The summed E-state index contributed by atoms with van der Waals surface area (Å²) in [6, 6.07) is 24.7. The summed E-state index contributed by atoms with van der Waals surface area (Å²) in [6.45, 7) is 2.18. The number of thiophene rings is 1. The van der Waals surface area contributed by atoms with E-state index in [-0.39, 0.29) is 5.97 Å². The van der Waals surface area contributed by atoms with Gasteiger partial charge in [0, 0.05) is 11.4 Å². The molecule has 0 saturated heterocycles. The van der Waals surface area contributed by atoms with Crippen molar-refractivity contribution in [2.24, 2.45) is 0 Å². The fourth-order valence-corrected chi connectivity index (χ4v) is 4.98. The molecule has 5 rings (SSSR count). The zero-order valence-corrected chi connectivity index (χ0v) is 21.0. The molecule has 0 atom stereocenters. The van der Waals surface area contributed by atoms with Gasteiger partial charge in [-0.25, -0.2) is 14.8 Å². The number of para-hydroxylation sites is 1. The Kier molecular flexibility index (Phi) is 7.11. The lowest BCUT2D eigenvalue weighted by Crippen LogP contribution is -2.07. The first-order chi connectivity index (χ1) is 17.6. The van der Waals surface area contributed by atoms with Gasteiger partial charge in [-0.15, -0.1) is 11.3 Å². The number of anilines is 2. The van der Waals surface area contributed by atoms with Gasteiger partial charge < -0.3 is 14.8 Å². The number of fused-ring (bicyclic) bond motifs is 1. The van der Waals surface area contributed by atoms with E-state index in [1.165, 1.54) is 17.7 Å². The number of carbonyl (C=O) groups excluding carboxylic acids is 1. The Morgan fingerprint density at radius 3 is 2.53 bits per heavy atom. The lowest BCUT2D eigenvalue weighted by Gasteiger charge is -2.14. The molecule has 2 heterocycles. The van der Waals surface area contributed by atoms with Crippen LogP contribution < -0.4 is 10.1 Å². The number of hydrogen-bond donors (Lipinski definition) is 1. The molecule has 0 saturated carbocycles. The van der Waals surface area contributed by atoms with E-state index < -0.39 is 0 Å². The molecule has 0 fully saturated rings. The Hall–Kier alpha value is -3.94. The van der Waals surface area contributed by atoms with E-state index >= 15 is 0 Å². The second-order valence-corrected chi connectivity index (χ2v) is 9.45. The predicted molar refractivity (Wildman–Crippen MR) is 144 cm³/mol. The fraction of sp³-hybridized carbons (Fsp3) is 0.107. The molecular weight excluding hydrogens is 494 g/mol. The molecular formula is C28H22ClN3O3S. The summed E-state index contributed by atoms with van der Waals surface area (Å²) in [5.74, 6) is 1.47. The second-order valence-electron chi connectivity index (χ2n) is 8.01. The number of benzene rings is 3. The number of ether oxygens (including phenoxy) is 2. The van der Waals surface area contributed by atoms with E-state index in [4.69, 9.17) is 21.1 Å². The summed E-state index contributed by atoms with van der Waals surface area (Å²) in [5.41, 5.74) is 2.52. The minimum atomic E-state index is -0.367. The Labute approximate surface area is 217 Å². The van der Waals surface area contributed by atoms with Gasteiger partial charge in [0.25, 0.3) is 0 Å². The van der Waals surface area contributed by atoms with E-state index in [1.807, 2.05) is 67.6 Å². The van der Waals surface area contributed by atoms with Crippen LogP contribution in [0.4, 0.5) is 11.5 Å². The van der Waals surface area contributed by atoms with Gasteiger partial charge in [0.2, 0.25) is 0 Å². The third-order valence-electron chi connectivity index (χ3n) is 5.54. The molecule has 0 amide bonds. The number of esters is 1. The van der Waals surface area contributed by atoms with Crippen molar-refractivity contribution < 1.29 is 14.3 Å². The summed E-state index contributed by atoms with van der Waals surface area (Å²) in [6.07, 6.45) is 2.12. The molecule has 0 bridgehead atoms. The molecule has 1 N–H and O–H groups in total. The standard InChI is InChI=1S/C28H22ClN3O3S/c1-18-24-26(32-22-16-20(29)12-13-23(22)35-21-10-6-3-7-11-21)30-17-31-27(24)36-25(18)28(33)34-15-14-19-8-4-2-5-9-19/h2-13,16-17H,14-15H2,1H3,(H,30,31,32). The zero-order chi connectivity index (χ0) is 24.9. The molecule has 8 heteroatoms. The number of aromatic nitrogens is 2. The molecule has 3 aromatic carbocycles. The van der Waals surface area contributed by atoms with Gasteiger partial charge in [-0.2, -0.15) is 0 Å². The van der Waals surface area contributed by atoms with Crippen molar-refractivity contribution in [2.45, 2.75) is 13.3 Å². The van der Waals surface area contributed by atoms with Crippen molar-refractivity contribution in [1.29, 1.82) is 0 Å². The van der Waals surface area contributed by atoms with Crippen LogP contribution in [0.3, 0.4) is 0 Å². The fourth-order valence-electron chi connectivity index (χ4n) is 3.76. The van der Waals surface area contributed by atoms with Crippen LogP contribution in [0.15, 0.2) is 85.2 Å². The van der Waals surface area contributed by atoms with Gasteiger partial charge in [-0.1, -0.05) is 60.1 Å². The van der Waals surface area contributed by atoms with Gasteiger partial charge in [-0.05, 0) is 48.4 Å². The van der Waals surface area contributed by atoms with Crippen LogP contribution in [0.25, 0.3) is 10.2 Å². The van der Waals surface area contributed by atoms with Crippen LogP contribution in [-0.4, -0.2) is 22.5 Å². The van der Waals surface area contributed by atoms with Crippen molar-refractivity contribution in [3.63, 3.8) is 0 Å². The topological polar surface area (TPSA) is 73.3 Å². The van der Waals surface area contributed by atoms with Crippen LogP contribution in [0.5, 0.6) is 11.5 Å². The number of hydrogen-bond acceptors (Lipinski definition) is 7. The third kappa shape index (κ3) is 5.32. The van der Waals surface area contributed by atoms with Gasteiger partial charge in [0.1, 0.15) is 27.6 Å². The molecule has 180 valence electrons. The van der Waals surface area contributed by atoms with E-state index in [1.54, 1.807) is 18.2 Å². The smallest absolute Gasteiger partial charge is 0.348 e. The third-order valence-corrected chi connectivity index (χ3v) is 6.96. The summed E-state index contributed by atoms with van der Waals surface area (Å²) in [7, 11) is 0. The molecule has 36 heavy (non-hydrogen) atoms. The van der Waals surface area contributed by atoms with E-state index in [2.05, 4.69) is 15.3 Å². The predicted octanol–water partition coefficient (Wildman–Crippen LogP) is 7.59. The van der Waals surface area contributed by atoms with Crippen LogP contribution in [0.1, 0.15) is 20.8 Å². The first-order valence-corrected chi connectivity index (χ1v) is 12.5. The summed E-state index contributed by atoms with van der Waals surface area (Å²) in [5, 5.41) is 4.63. The highest BCUT2D eigenvalue weighted by molar-refractivity contribution is 7.20. The molecule has 0 aliphatic heterocycles. The summed E-state index contributed by atoms with van der Waals surface area (Å²) < 4.78 is 11.6. The number of carbonyl (C=O) groups is 1. The van der Waals surface area contributed by atoms with Gasteiger partial charge in [-0.3, -0.25) is 0 Å².